The number of hydrogen-bond acceptors (Lipinski definition) is 3. The van der Waals surface area contributed by atoms with Gasteiger partial charge < -0.3 is 9.47 Å². The summed E-state index contributed by atoms with van der Waals surface area (Å²) in [6.07, 6.45) is -0.163. The molecule has 0 N–H and O–H groups in total. The first-order chi connectivity index (χ1) is 7.75. The second-order valence-corrected chi connectivity index (χ2v) is 3.68. The third kappa shape index (κ3) is 2.87. The highest BCUT2D eigenvalue weighted by atomic mass is 19.1. The van der Waals surface area contributed by atoms with Crippen molar-refractivity contribution in [2.75, 3.05) is 13.2 Å². The van der Waals surface area contributed by atoms with E-state index in [0.717, 1.165) is 0 Å². The summed E-state index contributed by atoms with van der Waals surface area (Å²) in [6, 6.07) is 6.29. The summed E-state index contributed by atoms with van der Waals surface area (Å²) in [7, 11) is 0. The molecule has 1 aliphatic rings. The zero-order valence-electron chi connectivity index (χ0n) is 8.82. The van der Waals surface area contributed by atoms with Gasteiger partial charge in [-0.3, -0.25) is 4.79 Å². The van der Waals surface area contributed by atoms with Gasteiger partial charge in [0.2, 0.25) is 0 Å². The molecule has 2 rings (SSSR count). The summed E-state index contributed by atoms with van der Waals surface area (Å²) in [5.74, 6) is -0.416. The normalized spacial score (nSPS) is 16.6. The molecule has 0 amide bonds. The summed E-state index contributed by atoms with van der Waals surface area (Å²) in [6.45, 7) is 1.05. The lowest BCUT2D eigenvalue weighted by Crippen LogP contribution is -2.16. The standard InChI is InChI=1S/C12H13FO3/c13-11-4-2-1-3-9(11)7-10(14)8-12-15-5-6-16-12/h1-4,12H,5-8H2. The van der Waals surface area contributed by atoms with E-state index < -0.39 is 6.29 Å². The Balaban J connectivity index is 1.89. The SMILES string of the molecule is O=C(Cc1ccccc1F)CC1OCCO1. The monoisotopic (exact) mass is 224 g/mol. The number of ether oxygens (including phenoxy) is 2. The van der Waals surface area contributed by atoms with Gasteiger partial charge in [0, 0.05) is 6.42 Å². The minimum Gasteiger partial charge on any atom is -0.350 e. The molecule has 0 saturated carbocycles. The van der Waals surface area contributed by atoms with Crippen LogP contribution in [0.5, 0.6) is 0 Å². The smallest absolute Gasteiger partial charge is 0.164 e. The summed E-state index contributed by atoms with van der Waals surface area (Å²) in [5, 5.41) is 0. The van der Waals surface area contributed by atoms with Crippen LogP contribution in [-0.4, -0.2) is 25.3 Å². The molecule has 1 saturated heterocycles. The predicted octanol–water partition coefficient (Wildman–Crippen LogP) is 1.70. The molecular formula is C12H13FO3. The van der Waals surface area contributed by atoms with Crippen molar-refractivity contribution in [1.29, 1.82) is 0 Å². The van der Waals surface area contributed by atoms with Crippen LogP contribution < -0.4 is 0 Å². The first-order valence-electron chi connectivity index (χ1n) is 5.24. The lowest BCUT2D eigenvalue weighted by molar-refractivity contribution is -0.126. The van der Waals surface area contributed by atoms with Crippen LogP contribution in [0, 0.1) is 5.82 Å². The number of Topliss-reactive ketones (excluding diaryl/α,β-unsaturated/α-hetero) is 1. The topological polar surface area (TPSA) is 35.5 Å². The molecule has 0 radical (unpaired) electrons. The van der Waals surface area contributed by atoms with Crippen LogP contribution in [0.15, 0.2) is 24.3 Å². The van der Waals surface area contributed by atoms with Crippen molar-refractivity contribution in [1.82, 2.24) is 0 Å². The summed E-state index contributed by atoms with van der Waals surface area (Å²) < 4.78 is 23.6. The molecule has 0 unspecified atom stereocenters. The van der Waals surface area contributed by atoms with E-state index in [1.54, 1.807) is 18.2 Å². The highest BCUT2D eigenvalue weighted by molar-refractivity contribution is 5.81. The van der Waals surface area contributed by atoms with Gasteiger partial charge in [-0.25, -0.2) is 4.39 Å². The summed E-state index contributed by atoms with van der Waals surface area (Å²) >= 11 is 0. The second-order valence-electron chi connectivity index (χ2n) is 3.68. The third-order valence-electron chi connectivity index (χ3n) is 2.43. The molecule has 86 valence electrons. The quantitative estimate of drug-likeness (QED) is 0.780. The van der Waals surface area contributed by atoms with Crippen molar-refractivity contribution < 1.29 is 18.7 Å². The Morgan fingerprint density at radius 1 is 1.31 bits per heavy atom. The van der Waals surface area contributed by atoms with Crippen molar-refractivity contribution in [3.63, 3.8) is 0 Å². The minimum atomic E-state index is -0.445. The zero-order valence-corrected chi connectivity index (χ0v) is 8.82. The number of rotatable bonds is 4. The Bertz CT molecular complexity index is 372. The molecule has 0 atom stereocenters. The Morgan fingerprint density at radius 2 is 2.00 bits per heavy atom. The van der Waals surface area contributed by atoms with Gasteiger partial charge in [0.1, 0.15) is 11.6 Å². The molecule has 1 heterocycles. The van der Waals surface area contributed by atoms with Gasteiger partial charge in [0.05, 0.1) is 19.6 Å². The van der Waals surface area contributed by atoms with Gasteiger partial charge in [-0.05, 0) is 11.6 Å². The van der Waals surface area contributed by atoms with Crippen LogP contribution in [0.3, 0.4) is 0 Å². The molecule has 16 heavy (non-hydrogen) atoms. The van der Waals surface area contributed by atoms with Crippen molar-refractivity contribution in [3.05, 3.63) is 35.6 Å². The van der Waals surface area contributed by atoms with Gasteiger partial charge in [-0.15, -0.1) is 0 Å². The maximum absolute atomic E-state index is 13.2. The Morgan fingerprint density at radius 3 is 2.69 bits per heavy atom. The van der Waals surface area contributed by atoms with Crippen LogP contribution in [0.25, 0.3) is 0 Å². The van der Waals surface area contributed by atoms with E-state index in [1.807, 2.05) is 0 Å². The first-order valence-corrected chi connectivity index (χ1v) is 5.24. The minimum absolute atomic E-state index is 0.0722. The van der Waals surface area contributed by atoms with Crippen LogP contribution in [0.1, 0.15) is 12.0 Å². The molecule has 4 heteroatoms. The van der Waals surface area contributed by atoms with Gasteiger partial charge in [0.25, 0.3) is 0 Å². The lowest BCUT2D eigenvalue weighted by Gasteiger charge is -2.08. The van der Waals surface area contributed by atoms with Crippen molar-refractivity contribution in [2.45, 2.75) is 19.1 Å². The van der Waals surface area contributed by atoms with Gasteiger partial charge in [0.15, 0.2) is 6.29 Å². The fourth-order valence-electron chi connectivity index (χ4n) is 1.64. The van der Waals surface area contributed by atoms with Gasteiger partial charge >= 0.3 is 0 Å². The van der Waals surface area contributed by atoms with Crippen LogP contribution in [-0.2, 0) is 20.7 Å². The number of hydrogen-bond donors (Lipinski definition) is 0. The number of ketones is 1. The Kier molecular flexibility index (Phi) is 3.64. The van der Waals surface area contributed by atoms with Gasteiger partial charge in [-0.1, -0.05) is 18.2 Å². The van der Waals surface area contributed by atoms with Gasteiger partial charge in [-0.2, -0.15) is 0 Å². The van der Waals surface area contributed by atoms with E-state index in [0.29, 0.717) is 18.8 Å². The summed E-state index contributed by atoms with van der Waals surface area (Å²) in [5.41, 5.74) is 0.422. The molecule has 0 bridgehead atoms. The average molecular weight is 224 g/mol. The summed E-state index contributed by atoms with van der Waals surface area (Å²) in [4.78, 5) is 11.6. The highest BCUT2D eigenvalue weighted by Crippen LogP contribution is 2.12. The predicted molar refractivity (Wildman–Crippen MR) is 55.4 cm³/mol. The third-order valence-corrected chi connectivity index (χ3v) is 2.43. The largest absolute Gasteiger partial charge is 0.350 e. The van der Waals surface area contributed by atoms with E-state index in [4.69, 9.17) is 9.47 Å². The van der Waals surface area contributed by atoms with E-state index in [-0.39, 0.29) is 24.4 Å². The molecule has 0 spiro atoms. The average Bonchev–Trinajstić information content (AvgIpc) is 2.74. The molecule has 3 nitrogen and oxygen atoms in total. The maximum atomic E-state index is 13.2. The highest BCUT2D eigenvalue weighted by Gasteiger charge is 2.20. The van der Waals surface area contributed by atoms with E-state index in [1.165, 1.54) is 6.07 Å². The molecule has 1 aromatic carbocycles. The van der Waals surface area contributed by atoms with Crippen LogP contribution in [0.4, 0.5) is 4.39 Å². The first kappa shape index (κ1) is 11.2. The van der Waals surface area contributed by atoms with E-state index >= 15 is 0 Å². The number of halogens is 1. The number of carbonyl (C=O) groups excluding carboxylic acids is 1. The number of benzene rings is 1. The van der Waals surface area contributed by atoms with Crippen LogP contribution in [0.2, 0.25) is 0 Å². The number of carbonyl (C=O) groups is 1. The Hall–Kier alpha value is -1.26. The van der Waals surface area contributed by atoms with Crippen LogP contribution >= 0.6 is 0 Å². The lowest BCUT2D eigenvalue weighted by atomic mass is 10.1. The van der Waals surface area contributed by atoms with Crippen molar-refractivity contribution in [3.8, 4) is 0 Å². The van der Waals surface area contributed by atoms with Crippen molar-refractivity contribution >= 4 is 5.78 Å². The molecule has 1 aromatic rings. The fraction of sp³-hybridized carbons (Fsp3) is 0.417. The second kappa shape index (κ2) is 5.18. The van der Waals surface area contributed by atoms with E-state index in [2.05, 4.69) is 0 Å². The maximum Gasteiger partial charge on any atom is 0.164 e. The van der Waals surface area contributed by atoms with E-state index in [9.17, 15) is 9.18 Å². The zero-order chi connectivity index (χ0) is 11.4. The molecule has 1 fully saturated rings. The van der Waals surface area contributed by atoms with Crippen molar-refractivity contribution in [2.24, 2.45) is 0 Å². The molecule has 0 aliphatic carbocycles. The molecule has 1 aliphatic heterocycles. The Labute approximate surface area is 93.2 Å². The molecule has 0 aromatic heterocycles. The molecular weight excluding hydrogens is 211 g/mol. The fourth-order valence-corrected chi connectivity index (χ4v) is 1.64.